The molecule has 0 aromatic heterocycles. The molecule has 0 fully saturated rings. The molecule has 0 unspecified atom stereocenters. The SMILES string of the molecule is COc1cccc(C(=O)NCCNC(=O)c2ccc(F)c(F)c2)c1. The van der Waals surface area contributed by atoms with Crippen LogP contribution in [0.15, 0.2) is 42.5 Å². The Labute approximate surface area is 137 Å². The molecule has 0 saturated carbocycles. The first kappa shape index (κ1) is 17.4. The van der Waals surface area contributed by atoms with E-state index in [1.807, 2.05) is 0 Å². The molecule has 5 nitrogen and oxygen atoms in total. The Morgan fingerprint density at radius 2 is 1.54 bits per heavy atom. The topological polar surface area (TPSA) is 67.4 Å². The molecule has 2 N–H and O–H groups in total. The molecule has 0 aliphatic carbocycles. The van der Waals surface area contributed by atoms with Crippen molar-refractivity contribution < 1.29 is 23.1 Å². The van der Waals surface area contributed by atoms with Crippen LogP contribution in [-0.4, -0.2) is 32.0 Å². The molecule has 0 spiro atoms. The predicted molar refractivity (Wildman–Crippen MR) is 84.0 cm³/mol. The molecule has 2 amide bonds. The first-order valence-electron chi connectivity index (χ1n) is 7.17. The van der Waals surface area contributed by atoms with Gasteiger partial charge in [0.25, 0.3) is 11.8 Å². The van der Waals surface area contributed by atoms with E-state index in [0.29, 0.717) is 11.3 Å². The summed E-state index contributed by atoms with van der Waals surface area (Å²) in [5.74, 6) is -2.40. The fourth-order valence-corrected chi connectivity index (χ4v) is 1.96. The molecule has 0 atom stereocenters. The van der Waals surface area contributed by atoms with Crippen LogP contribution in [0.4, 0.5) is 8.78 Å². The third-order valence-corrected chi connectivity index (χ3v) is 3.21. The lowest BCUT2D eigenvalue weighted by atomic mass is 10.2. The van der Waals surface area contributed by atoms with Gasteiger partial charge in [-0.25, -0.2) is 8.78 Å². The number of carbonyl (C=O) groups is 2. The molecule has 2 aromatic carbocycles. The zero-order valence-corrected chi connectivity index (χ0v) is 12.9. The Kier molecular flexibility index (Phi) is 5.83. The van der Waals surface area contributed by atoms with Crippen molar-refractivity contribution in [3.05, 3.63) is 65.2 Å². The van der Waals surface area contributed by atoms with Crippen molar-refractivity contribution in [2.24, 2.45) is 0 Å². The Morgan fingerprint density at radius 3 is 2.12 bits per heavy atom. The van der Waals surface area contributed by atoms with Crippen molar-refractivity contribution in [2.75, 3.05) is 20.2 Å². The maximum atomic E-state index is 13.1. The highest BCUT2D eigenvalue weighted by atomic mass is 19.2. The highest BCUT2D eigenvalue weighted by Gasteiger charge is 2.10. The van der Waals surface area contributed by atoms with Gasteiger partial charge in [-0.2, -0.15) is 0 Å². The summed E-state index contributed by atoms with van der Waals surface area (Å²) in [4.78, 5) is 23.7. The Hall–Kier alpha value is -2.96. The highest BCUT2D eigenvalue weighted by molar-refractivity contribution is 5.95. The number of hydrogen-bond donors (Lipinski definition) is 2. The quantitative estimate of drug-likeness (QED) is 0.796. The number of benzene rings is 2. The van der Waals surface area contributed by atoms with Crippen molar-refractivity contribution in [3.63, 3.8) is 0 Å². The molecule has 24 heavy (non-hydrogen) atoms. The van der Waals surface area contributed by atoms with E-state index in [1.165, 1.54) is 13.2 Å². The minimum absolute atomic E-state index is 0.00743. The van der Waals surface area contributed by atoms with E-state index in [4.69, 9.17) is 4.74 Å². The number of nitrogens with one attached hydrogen (secondary N) is 2. The number of amides is 2. The van der Waals surface area contributed by atoms with Gasteiger partial charge in [0, 0.05) is 24.2 Å². The summed E-state index contributed by atoms with van der Waals surface area (Å²) in [6, 6.07) is 9.53. The minimum atomic E-state index is -1.09. The Bertz CT molecular complexity index is 750. The molecule has 0 radical (unpaired) electrons. The van der Waals surface area contributed by atoms with Gasteiger partial charge < -0.3 is 15.4 Å². The van der Waals surface area contributed by atoms with Gasteiger partial charge in [-0.05, 0) is 36.4 Å². The van der Waals surface area contributed by atoms with Gasteiger partial charge in [-0.15, -0.1) is 0 Å². The monoisotopic (exact) mass is 334 g/mol. The van der Waals surface area contributed by atoms with Gasteiger partial charge in [0.15, 0.2) is 11.6 Å². The summed E-state index contributed by atoms with van der Waals surface area (Å²) in [5, 5.41) is 5.14. The van der Waals surface area contributed by atoms with Crippen LogP contribution in [0.3, 0.4) is 0 Å². The lowest BCUT2D eigenvalue weighted by molar-refractivity contribution is 0.0927. The van der Waals surface area contributed by atoms with Crippen molar-refractivity contribution in [2.45, 2.75) is 0 Å². The van der Waals surface area contributed by atoms with Crippen LogP contribution in [0.5, 0.6) is 5.75 Å². The lowest BCUT2D eigenvalue weighted by Crippen LogP contribution is -2.34. The van der Waals surface area contributed by atoms with Crippen LogP contribution in [-0.2, 0) is 0 Å². The number of methoxy groups -OCH3 is 1. The van der Waals surface area contributed by atoms with Crippen LogP contribution in [0.25, 0.3) is 0 Å². The normalized spacial score (nSPS) is 10.1. The molecule has 2 rings (SSSR count). The van der Waals surface area contributed by atoms with Gasteiger partial charge in [-0.3, -0.25) is 9.59 Å². The van der Waals surface area contributed by atoms with Crippen LogP contribution < -0.4 is 15.4 Å². The first-order valence-corrected chi connectivity index (χ1v) is 7.17. The Balaban J connectivity index is 1.80. The third kappa shape index (κ3) is 4.52. The maximum Gasteiger partial charge on any atom is 0.251 e. The zero-order chi connectivity index (χ0) is 17.5. The molecule has 7 heteroatoms. The number of ether oxygens (including phenoxy) is 1. The highest BCUT2D eigenvalue weighted by Crippen LogP contribution is 2.12. The Morgan fingerprint density at radius 1 is 0.917 bits per heavy atom. The fourth-order valence-electron chi connectivity index (χ4n) is 1.96. The second kappa shape index (κ2) is 8.05. The third-order valence-electron chi connectivity index (χ3n) is 3.21. The van der Waals surface area contributed by atoms with E-state index in [0.717, 1.165) is 12.1 Å². The van der Waals surface area contributed by atoms with E-state index in [9.17, 15) is 18.4 Å². The molecule has 2 aromatic rings. The number of carbonyl (C=O) groups excluding carboxylic acids is 2. The standard InChI is InChI=1S/C17H16F2N2O3/c1-24-13-4-2-3-11(9-13)16(22)20-7-8-21-17(23)12-5-6-14(18)15(19)10-12/h2-6,9-10H,7-8H2,1H3,(H,20,22)(H,21,23). The van der Waals surface area contributed by atoms with Crippen LogP contribution in [0.2, 0.25) is 0 Å². The maximum absolute atomic E-state index is 13.1. The number of rotatable bonds is 6. The first-order chi connectivity index (χ1) is 11.5. The average Bonchev–Trinajstić information content (AvgIpc) is 2.60. The number of hydrogen-bond acceptors (Lipinski definition) is 3. The van der Waals surface area contributed by atoms with Gasteiger partial charge in [0.05, 0.1) is 7.11 Å². The molecule has 0 heterocycles. The van der Waals surface area contributed by atoms with Crippen LogP contribution in [0.1, 0.15) is 20.7 Å². The largest absolute Gasteiger partial charge is 0.497 e. The van der Waals surface area contributed by atoms with Gasteiger partial charge in [0.2, 0.25) is 0 Å². The molecule has 0 bridgehead atoms. The van der Waals surface area contributed by atoms with Gasteiger partial charge in [0.1, 0.15) is 5.75 Å². The summed E-state index contributed by atoms with van der Waals surface area (Å²) in [5.41, 5.74) is 0.439. The van der Waals surface area contributed by atoms with Crippen LogP contribution >= 0.6 is 0 Å². The number of halogens is 2. The molecule has 0 aliphatic heterocycles. The van der Waals surface area contributed by atoms with E-state index in [1.54, 1.807) is 24.3 Å². The molecule has 126 valence electrons. The summed E-state index contributed by atoms with van der Waals surface area (Å²) in [6.07, 6.45) is 0. The minimum Gasteiger partial charge on any atom is -0.497 e. The van der Waals surface area contributed by atoms with Crippen LogP contribution in [0, 0.1) is 11.6 Å². The summed E-state index contributed by atoms with van der Waals surface area (Å²) in [7, 11) is 1.50. The summed E-state index contributed by atoms with van der Waals surface area (Å²) in [6.45, 7) is 0.332. The molecular weight excluding hydrogens is 318 g/mol. The van der Waals surface area contributed by atoms with Gasteiger partial charge >= 0.3 is 0 Å². The van der Waals surface area contributed by atoms with E-state index in [2.05, 4.69) is 10.6 Å². The second-order valence-electron chi connectivity index (χ2n) is 4.87. The van der Waals surface area contributed by atoms with Crippen molar-refractivity contribution in [1.82, 2.24) is 10.6 Å². The van der Waals surface area contributed by atoms with E-state index < -0.39 is 17.5 Å². The zero-order valence-electron chi connectivity index (χ0n) is 12.9. The van der Waals surface area contributed by atoms with Crippen molar-refractivity contribution in [1.29, 1.82) is 0 Å². The predicted octanol–water partition coefficient (Wildman–Crippen LogP) is 2.13. The lowest BCUT2D eigenvalue weighted by Gasteiger charge is -2.08. The average molecular weight is 334 g/mol. The second-order valence-corrected chi connectivity index (χ2v) is 4.87. The summed E-state index contributed by atoms with van der Waals surface area (Å²) >= 11 is 0. The fraction of sp³-hybridized carbons (Fsp3) is 0.176. The van der Waals surface area contributed by atoms with E-state index >= 15 is 0 Å². The molecular formula is C17H16F2N2O3. The summed E-state index contributed by atoms with van der Waals surface area (Å²) < 4.78 is 30.9. The molecule has 0 saturated heterocycles. The molecule has 0 aliphatic rings. The smallest absolute Gasteiger partial charge is 0.251 e. The van der Waals surface area contributed by atoms with E-state index in [-0.39, 0.29) is 24.6 Å². The van der Waals surface area contributed by atoms with Crippen molar-refractivity contribution >= 4 is 11.8 Å². The van der Waals surface area contributed by atoms with Crippen molar-refractivity contribution in [3.8, 4) is 5.75 Å². The van der Waals surface area contributed by atoms with Gasteiger partial charge in [-0.1, -0.05) is 6.07 Å².